The summed E-state index contributed by atoms with van der Waals surface area (Å²) in [5, 5.41) is 5.21. The van der Waals surface area contributed by atoms with E-state index in [0.29, 0.717) is 40.8 Å². The second-order valence-corrected chi connectivity index (χ2v) is 10.3. The molecular formula is C29H28F3N3O4S. The number of fused-ring (bicyclic) bond motifs is 1. The number of esters is 1. The number of alkyl halides is 3. The zero-order chi connectivity index (χ0) is 28.3. The first-order valence-electron chi connectivity index (χ1n) is 13.0. The number of thioether (sulfide) groups is 1. The maximum Gasteiger partial charge on any atom is 0.416 e. The van der Waals surface area contributed by atoms with Crippen LogP contribution in [-0.2, 0) is 25.2 Å². The Hall–Kier alpha value is -3.57. The summed E-state index contributed by atoms with van der Waals surface area (Å²) in [7, 11) is 0. The highest BCUT2D eigenvalue weighted by Crippen LogP contribution is 2.47. The fourth-order valence-corrected chi connectivity index (χ4v) is 5.84. The van der Waals surface area contributed by atoms with Crippen molar-refractivity contribution >= 4 is 34.5 Å². The number of carbonyl (C=O) groups excluding carboxylic acids is 2. The summed E-state index contributed by atoms with van der Waals surface area (Å²) in [6.07, 6.45) is -2.70. The van der Waals surface area contributed by atoms with Crippen molar-refractivity contribution < 1.29 is 32.2 Å². The monoisotopic (exact) mass is 571 g/mol. The van der Waals surface area contributed by atoms with E-state index in [2.05, 4.69) is 5.32 Å². The molecule has 1 amide bonds. The summed E-state index contributed by atoms with van der Waals surface area (Å²) in [5.74, 6) is -0.863. The molecule has 0 spiro atoms. The van der Waals surface area contributed by atoms with Crippen LogP contribution in [-0.4, -0.2) is 47.8 Å². The van der Waals surface area contributed by atoms with Crippen molar-refractivity contribution in [2.45, 2.75) is 44.5 Å². The topological polar surface area (TPSA) is 80.2 Å². The number of amidine groups is 1. The molecule has 7 nitrogen and oxygen atoms in total. The molecule has 1 fully saturated rings. The molecule has 5 rings (SSSR count). The number of nitrogens with zero attached hydrogens (tertiary/aromatic N) is 2. The molecule has 3 aliphatic heterocycles. The first-order valence-corrected chi connectivity index (χ1v) is 13.9. The molecule has 3 aliphatic rings. The Labute approximate surface area is 234 Å². The van der Waals surface area contributed by atoms with Gasteiger partial charge in [-0.2, -0.15) is 13.2 Å². The van der Waals surface area contributed by atoms with E-state index in [0.717, 1.165) is 25.0 Å². The lowest BCUT2D eigenvalue weighted by molar-refractivity contribution is -0.139. The third-order valence-corrected chi connectivity index (χ3v) is 7.69. The summed E-state index contributed by atoms with van der Waals surface area (Å²) in [4.78, 5) is 32.9. The molecule has 2 aromatic carbocycles. The minimum atomic E-state index is -4.51. The molecule has 2 atom stereocenters. The third kappa shape index (κ3) is 5.95. The summed E-state index contributed by atoms with van der Waals surface area (Å²) in [5.41, 5.74) is 1.44. The standard InChI is InChI=1S/C29H28F3N3O4S/c1-2-38-27(37)24-25(18-7-4-3-5-8-18)34-28-35(26(24)19-10-12-20(13-11-19)29(30,31)32)21(17-40-28)15-23(36)33-16-22-9-6-14-39-22/h3-5,7-8,10-13,17,22,26H,2,6,9,14-16H2,1H3,(H,33,36)/t22-,26-/m0/s1. The van der Waals surface area contributed by atoms with Gasteiger partial charge in [-0.3, -0.25) is 4.79 Å². The quantitative estimate of drug-likeness (QED) is 0.412. The number of hydrogen-bond donors (Lipinski definition) is 1. The molecule has 11 heteroatoms. The number of nitrogens with one attached hydrogen (secondary N) is 1. The molecular weight excluding hydrogens is 543 g/mol. The molecule has 0 unspecified atom stereocenters. The zero-order valence-corrected chi connectivity index (χ0v) is 22.6. The molecule has 0 aliphatic carbocycles. The van der Waals surface area contributed by atoms with Gasteiger partial charge in [-0.15, -0.1) is 0 Å². The van der Waals surface area contributed by atoms with Crippen LogP contribution in [0.4, 0.5) is 13.2 Å². The Morgan fingerprint density at radius 3 is 2.55 bits per heavy atom. The van der Waals surface area contributed by atoms with E-state index in [4.69, 9.17) is 14.5 Å². The van der Waals surface area contributed by atoms with Crippen LogP contribution in [0.25, 0.3) is 5.70 Å². The van der Waals surface area contributed by atoms with Crippen LogP contribution < -0.4 is 5.32 Å². The number of rotatable bonds is 8. The average molecular weight is 572 g/mol. The van der Waals surface area contributed by atoms with E-state index in [1.165, 1.54) is 23.9 Å². The SMILES string of the molecule is CCOC(=O)C1=C(c2ccccc2)N=C2SC=C(CC(=O)NC[C@@H]3CCCO3)N2[C@H]1c1ccc(C(F)(F)F)cc1. The minimum absolute atomic E-state index is 0.00729. The predicted molar refractivity (Wildman–Crippen MR) is 146 cm³/mol. The van der Waals surface area contributed by atoms with Crippen LogP contribution in [0, 0.1) is 0 Å². The van der Waals surface area contributed by atoms with Gasteiger partial charge < -0.3 is 19.7 Å². The summed E-state index contributed by atoms with van der Waals surface area (Å²) >= 11 is 1.29. The van der Waals surface area contributed by atoms with Crippen molar-refractivity contribution in [3.63, 3.8) is 0 Å². The largest absolute Gasteiger partial charge is 0.463 e. The molecule has 0 aromatic heterocycles. The Bertz CT molecular complexity index is 1350. The average Bonchev–Trinajstić information content (AvgIpc) is 3.61. The maximum absolute atomic E-state index is 13.5. The molecule has 0 radical (unpaired) electrons. The first kappa shape index (κ1) is 28.0. The van der Waals surface area contributed by atoms with Gasteiger partial charge in [-0.25, -0.2) is 9.79 Å². The van der Waals surface area contributed by atoms with Crippen LogP contribution in [0.5, 0.6) is 0 Å². The van der Waals surface area contributed by atoms with Crippen molar-refractivity contribution in [3.8, 4) is 0 Å². The number of aliphatic imine (C=N–C) groups is 1. The van der Waals surface area contributed by atoms with Gasteiger partial charge in [0.05, 0.1) is 42.0 Å². The third-order valence-electron chi connectivity index (χ3n) is 6.80. The number of carbonyl (C=O) groups is 2. The number of ether oxygens (including phenoxy) is 2. The molecule has 1 N–H and O–H groups in total. The predicted octanol–water partition coefficient (Wildman–Crippen LogP) is 5.67. The zero-order valence-electron chi connectivity index (χ0n) is 21.7. The molecule has 2 aromatic rings. The lowest BCUT2D eigenvalue weighted by atomic mass is 9.91. The smallest absolute Gasteiger partial charge is 0.416 e. The summed E-state index contributed by atoms with van der Waals surface area (Å²) in [6, 6.07) is 12.9. The van der Waals surface area contributed by atoms with E-state index >= 15 is 0 Å². The van der Waals surface area contributed by atoms with E-state index in [9.17, 15) is 22.8 Å². The lowest BCUT2D eigenvalue weighted by Gasteiger charge is -2.37. The normalized spacial score (nSPS) is 20.6. The van der Waals surface area contributed by atoms with Crippen LogP contribution in [0.15, 0.2) is 76.3 Å². The highest BCUT2D eigenvalue weighted by Gasteiger charge is 2.42. The Kier molecular flexibility index (Phi) is 8.32. The van der Waals surface area contributed by atoms with E-state index < -0.39 is 23.8 Å². The highest BCUT2D eigenvalue weighted by molar-refractivity contribution is 8.16. The van der Waals surface area contributed by atoms with Gasteiger partial charge in [-0.05, 0) is 42.9 Å². The summed E-state index contributed by atoms with van der Waals surface area (Å²) in [6.45, 7) is 2.86. The van der Waals surface area contributed by atoms with Crippen LogP contribution in [0.2, 0.25) is 0 Å². The molecule has 210 valence electrons. The minimum Gasteiger partial charge on any atom is -0.463 e. The van der Waals surface area contributed by atoms with Gasteiger partial charge in [0.2, 0.25) is 5.91 Å². The Balaban J connectivity index is 1.54. The molecule has 3 heterocycles. The second kappa shape index (κ2) is 11.9. The van der Waals surface area contributed by atoms with Gasteiger partial charge in [0.25, 0.3) is 0 Å². The van der Waals surface area contributed by atoms with Crippen molar-refractivity contribution in [2.75, 3.05) is 19.8 Å². The Morgan fingerprint density at radius 1 is 1.15 bits per heavy atom. The number of hydrogen-bond acceptors (Lipinski definition) is 7. The van der Waals surface area contributed by atoms with Crippen molar-refractivity contribution in [3.05, 3.63) is 88.0 Å². The van der Waals surface area contributed by atoms with Crippen LogP contribution >= 0.6 is 11.8 Å². The van der Waals surface area contributed by atoms with Crippen LogP contribution in [0.1, 0.15) is 48.9 Å². The lowest BCUT2D eigenvalue weighted by Crippen LogP contribution is -2.39. The van der Waals surface area contributed by atoms with Crippen LogP contribution in [0.3, 0.4) is 0 Å². The van der Waals surface area contributed by atoms with E-state index in [1.807, 2.05) is 30.3 Å². The second-order valence-electron chi connectivity index (χ2n) is 9.48. The highest BCUT2D eigenvalue weighted by atomic mass is 32.2. The van der Waals surface area contributed by atoms with E-state index in [1.54, 1.807) is 17.2 Å². The van der Waals surface area contributed by atoms with Gasteiger partial charge in [0.1, 0.15) is 0 Å². The molecule has 1 saturated heterocycles. The van der Waals surface area contributed by atoms with Gasteiger partial charge >= 0.3 is 12.1 Å². The maximum atomic E-state index is 13.5. The van der Waals surface area contributed by atoms with Crippen molar-refractivity contribution in [1.82, 2.24) is 10.2 Å². The number of amides is 1. The van der Waals surface area contributed by atoms with Gasteiger partial charge in [0.15, 0.2) is 5.17 Å². The van der Waals surface area contributed by atoms with Gasteiger partial charge in [0, 0.05) is 24.4 Å². The number of halogens is 3. The van der Waals surface area contributed by atoms with Crippen molar-refractivity contribution in [2.24, 2.45) is 4.99 Å². The van der Waals surface area contributed by atoms with Gasteiger partial charge in [-0.1, -0.05) is 54.2 Å². The Morgan fingerprint density at radius 2 is 1.90 bits per heavy atom. The fourth-order valence-electron chi connectivity index (χ4n) is 4.92. The molecule has 0 bridgehead atoms. The fraction of sp³-hybridized carbons (Fsp3) is 0.345. The molecule has 0 saturated carbocycles. The number of benzene rings is 2. The summed E-state index contributed by atoms with van der Waals surface area (Å²) < 4.78 is 51.1. The molecule has 40 heavy (non-hydrogen) atoms. The van der Waals surface area contributed by atoms with Crippen molar-refractivity contribution in [1.29, 1.82) is 0 Å². The first-order chi connectivity index (χ1) is 19.3. The van der Waals surface area contributed by atoms with E-state index in [-0.39, 0.29) is 30.6 Å².